The number of ether oxygens (including phenoxy) is 2. The number of carbonyl (C=O) groups is 2. The summed E-state index contributed by atoms with van der Waals surface area (Å²) in [6, 6.07) is 0. The van der Waals surface area contributed by atoms with Crippen molar-refractivity contribution in [3.63, 3.8) is 0 Å². The summed E-state index contributed by atoms with van der Waals surface area (Å²) >= 11 is 0. The van der Waals surface area contributed by atoms with Crippen LogP contribution in [0.4, 0.5) is 0 Å². The Kier molecular flexibility index (Phi) is 37.2. The molecule has 0 fully saturated rings. The van der Waals surface area contributed by atoms with Gasteiger partial charge in [0, 0.05) is 19.4 Å². The summed E-state index contributed by atoms with van der Waals surface area (Å²) in [6.07, 6.45) is 34.1. The van der Waals surface area contributed by atoms with Gasteiger partial charge in [-0.05, 0) is 76.8 Å². The molecule has 0 saturated carbocycles. The van der Waals surface area contributed by atoms with E-state index in [1.165, 1.54) is 96.3 Å². The molecule has 0 aliphatic carbocycles. The number of esters is 2. The van der Waals surface area contributed by atoms with Gasteiger partial charge >= 0.3 is 11.9 Å². The molecular formula is C43H85NO5. The first-order valence-electron chi connectivity index (χ1n) is 21.7. The standard InChI is InChI=1S/C43H85NO5/c1-5-9-13-23-29-40(28-20-10-6-2)34-39-48-42(46)32-24-16-14-18-26-35-44(37-38-45)36-27-19-15-17-25-33-43(47)49-41(30-21-11-7-3)31-22-12-8-4/h40-41,45H,5-39H2,1-4H3. The van der Waals surface area contributed by atoms with Gasteiger partial charge in [-0.1, -0.05) is 150 Å². The lowest BCUT2D eigenvalue weighted by molar-refractivity contribution is -0.150. The van der Waals surface area contributed by atoms with Gasteiger partial charge in [0.15, 0.2) is 0 Å². The number of carbonyl (C=O) groups excluding carboxylic acids is 2. The second kappa shape index (κ2) is 38.1. The largest absolute Gasteiger partial charge is 0.466 e. The molecule has 1 unspecified atom stereocenters. The topological polar surface area (TPSA) is 76.1 Å². The van der Waals surface area contributed by atoms with Crippen molar-refractivity contribution in [3.8, 4) is 0 Å². The summed E-state index contributed by atoms with van der Waals surface area (Å²) in [6.45, 7) is 12.6. The molecule has 0 spiro atoms. The zero-order chi connectivity index (χ0) is 36.0. The van der Waals surface area contributed by atoms with Crippen molar-refractivity contribution in [1.82, 2.24) is 4.90 Å². The van der Waals surface area contributed by atoms with Gasteiger partial charge < -0.3 is 19.5 Å². The summed E-state index contributed by atoms with van der Waals surface area (Å²) in [7, 11) is 0. The zero-order valence-corrected chi connectivity index (χ0v) is 33.4. The summed E-state index contributed by atoms with van der Waals surface area (Å²) in [4.78, 5) is 27.1. The molecule has 0 rings (SSSR count). The molecule has 0 saturated heterocycles. The van der Waals surface area contributed by atoms with Crippen LogP contribution in [-0.2, 0) is 19.1 Å². The summed E-state index contributed by atoms with van der Waals surface area (Å²) in [5.74, 6) is 0.690. The van der Waals surface area contributed by atoms with E-state index in [4.69, 9.17) is 9.47 Å². The van der Waals surface area contributed by atoms with Gasteiger partial charge in [0.25, 0.3) is 0 Å². The molecule has 6 nitrogen and oxygen atoms in total. The van der Waals surface area contributed by atoms with Crippen molar-refractivity contribution >= 4 is 11.9 Å². The molecule has 49 heavy (non-hydrogen) atoms. The fourth-order valence-corrected chi connectivity index (χ4v) is 6.89. The quantitative estimate of drug-likeness (QED) is 0.0509. The van der Waals surface area contributed by atoms with Crippen molar-refractivity contribution in [3.05, 3.63) is 0 Å². The maximum Gasteiger partial charge on any atom is 0.306 e. The van der Waals surface area contributed by atoms with Gasteiger partial charge in [-0.2, -0.15) is 0 Å². The van der Waals surface area contributed by atoms with Crippen molar-refractivity contribution < 1.29 is 24.2 Å². The van der Waals surface area contributed by atoms with E-state index in [0.717, 1.165) is 103 Å². The normalized spacial score (nSPS) is 12.2. The molecule has 0 amide bonds. The zero-order valence-electron chi connectivity index (χ0n) is 33.4. The van der Waals surface area contributed by atoms with Crippen molar-refractivity contribution in [1.29, 1.82) is 0 Å². The van der Waals surface area contributed by atoms with E-state index in [2.05, 4.69) is 32.6 Å². The summed E-state index contributed by atoms with van der Waals surface area (Å²) in [5.41, 5.74) is 0. The molecule has 0 aromatic carbocycles. The SMILES string of the molecule is CCCCCCC(CCCCC)CCOC(=O)CCCCCCCN(CCO)CCCCCCCC(=O)OC(CCCCC)CCCCC. The van der Waals surface area contributed by atoms with Gasteiger partial charge in [0.2, 0.25) is 0 Å². The van der Waals surface area contributed by atoms with Crippen LogP contribution < -0.4 is 0 Å². The van der Waals surface area contributed by atoms with Crippen LogP contribution in [-0.4, -0.2) is 60.9 Å². The lowest BCUT2D eigenvalue weighted by Crippen LogP contribution is -2.29. The average Bonchev–Trinajstić information content (AvgIpc) is 3.09. The molecule has 1 N–H and O–H groups in total. The van der Waals surface area contributed by atoms with E-state index < -0.39 is 0 Å². The summed E-state index contributed by atoms with van der Waals surface area (Å²) < 4.78 is 11.5. The predicted molar refractivity (Wildman–Crippen MR) is 209 cm³/mol. The lowest BCUT2D eigenvalue weighted by atomic mass is 9.92. The van der Waals surface area contributed by atoms with Gasteiger partial charge in [-0.15, -0.1) is 0 Å². The number of rotatable bonds is 39. The third-order valence-corrected chi connectivity index (χ3v) is 10.2. The van der Waals surface area contributed by atoms with Crippen LogP contribution in [0, 0.1) is 5.92 Å². The summed E-state index contributed by atoms with van der Waals surface area (Å²) in [5, 5.41) is 9.54. The smallest absolute Gasteiger partial charge is 0.306 e. The first-order valence-corrected chi connectivity index (χ1v) is 21.7. The number of hydrogen-bond donors (Lipinski definition) is 1. The fraction of sp³-hybridized carbons (Fsp3) is 0.953. The first-order chi connectivity index (χ1) is 24.0. The van der Waals surface area contributed by atoms with Crippen LogP contribution in [0.1, 0.15) is 220 Å². The van der Waals surface area contributed by atoms with E-state index in [-0.39, 0.29) is 24.6 Å². The molecule has 0 aromatic rings. The minimum Gasteiger partial charge on any atom is -0.466 e. The Morgan fingerprint density at radius 2 is 0.918 bits per heavy atom. The average molecular weight is 696 g/mol. The Balaban J connectivity index is 3.95. The van der Waals surface area contributed by atoms with Gasteiger partial charge in [-0.25, -0.2) is 0 Å². The Morgan fingerprint density at radius 3 is 1.45 bits per heavy atom. The van der Waals surface area contributed by atoms with E-state index in [1.54, 1.807) is 0 Å². The molecule has 0 radical (unpaired) electrons. The van der Waals surface area contributed by atoms with Crippen LogP contribution in [0.3, 0.4) is 0 Å². The second-order valence-electron chi connectivity index (χ2n) is 14.9. The van der Waals surface area contributed by atoms with E-state index in [9.17, 15) is 14.7 Å². The van der Waals surface area contributed by atoms with E-state index >= 15 is 0 Å². The Morgan fingerprint density at radius 1 is 0.490 bits per heavy atom. The molecule has 0 bridgehead atoms. The van der Waals surface area contributed by atoms with Crippen molar-refractivity contribution in [2.24, 2.45) is 5.92 Å². The molecule has 0 heterocycles. The molecule has 0 aromatic heterocycles. The predicted octanol–water partition coefficient (Wildman–Crippen LogP) is 12.1. The maximum absolute atomic E-state index is 12.4. The minimum atomic E-state index is -0.0170. The van der Waals surface area contributed by atoms with Gasteiger partial charge in [0.1, 0.15) is 6.10 Å². The molecular weight excluding hydrogens is 610 g/mol. The van der Waals surface area contributed by atoms with E-state index in [1.807, 2.05) is 0 Å². The van der Waals surface area contributed by atoms with E-state index in [0.29, 0.717) is 25.4 Å². The van der Waals surface area contributed by atoms with Crippen molar-refractivity contribution in [2.45, 2.75) is 226 Å². The van der Waals surface area contributed by atoms with Crippen LogP contribution in [0.25, 0.3) is 0 Å². The minimum absolute atomic E-state index is 0.00274. The van der Waals surface area contributed by atoms with Crippen LogP contribution in [0.2, 0.25) is 0 Å². The number of unbranched alkanes of at least 4 members (excludes halogenated alkanes) is 17. The maximum atomic E-state index is 12.4. The Bertz CT molecular complexity index is 692. The number of hydrogen-bond acceptors (Lipinski definition) is 6. The number of aliphatic hydroxyl groups excluding tert-OH is 1. The number of aliphatic hydroxyl groups is 1. The molecule has 292 valence electrons. The van der Waals surface area contributed by atoms with Crippen molar-refractivity contribution in [2.75, 3.05) is 32.8 Å². The first kappa shape index (κ1) is 47.9. The highest BCUT2D eigenvalue weighted by atomic mass is 16.5. The highest BCUT2D eigenvalue weighted by Crippen LogP contribution is 2.22. The number of nitrogens with zero attached hydrogens (tertiary/aromatic N) is 1. The molecule has 0 aliphatic heterocycles. The Hall–Kier alpha value is -1.14. The third-order valence-electron chi connectivity index (χ3n) is 10.2. The monoisotopic (exact) mass is 696 g/mol. The fourth-order valence-electron chi connectivity index (χ4n) is 6.89. The second-order valence-corrected chi connectivity index (χ2v) is 14.9. The Labute approximate surface area is 305 Å². The van der Waals surface area contributed by atoms with Gasteiger partial charge in [-0.3, -0.25) is 9.59 Å². The third kappa shape index (κ3) is 33.7. The highest BCUT2D eigenvalue weighted by molar-refractivity contribution is 5.69. The highest BCUT2D eigenvalue weighted by Gasteiger charge is 2.14. The van der Waals surface area contributed by atoms with Crippen LogP contribution in [0.15, 0.2) is 0 Å². The van der Waals surface area contributed by atoms with Crippen LogP contribution >= 0.6 is 0 Å². The molecule has 0 aliphatic rings. The van der Waals surface area contributed by atoms with Crippen LogP contribution in [0.5, 0.6) is 0 Å². The molecule has 6 heteroatoms. The van der Waals surface area contributed by atoms with Gasteiger partial charge in [0.05, 0.1) is 13.2 Å². The lowest BCUT2D eigenvalue weighted by Gasteiger charge is -2.21. The molecule has 1 atom stereocenters.